The van der Waals surface area contributed by atoms with Gasteiger partial charge in [0.05, 0.1) is 0 Å². The zero-order valence-electron chi connectivity index (χ0n) is 25.7. The standard InChI is InChI=1S/2C15H22O4Si.Pt/c2*1-11(2)13(16)15(20(5,18-3)19-4)14(17)12-9-7-6-8-10-12;/h2*6-11,15H,1-5H3;/q;;+2. The summed E-state index contributed by atoms with van der Waals surface area (Å²) in [6.07, 6.45) is 0. The first kappa shape index (κ1) is 39.1. The average molecular weight is 784 g/mol. The number of carbonyl (C=O) groups is 4. The SMILES string of the molecule is CO[Si](C)(OC)C(C(=O)c1ccccc1)C(=O)C(C)C.CO[Si](C)(OC)C(C(=O)c1ccccc1)C(=O)C(C)C.[Pt+2]. The van der Waals surface area contributed by atoms with Gasteiger partial charge in [-0.25, -0.2) is 0 Å². The normalized spacial score (nSPS) is 13.0. The summed E-state index contributed by atoms with van der Waals surface area (Å²) in [4.78, 5) is 50.4. The Balaban J connectivity index is 0.000000762. The van der Waals surface area contributed by atoms with E-state index in [2.05, 4.69) is 0 Å². The van der Waals surface area contributed by atoms with E-state index in [-0.39, 0.29) is 56.0 Å². The molecule has 228 valence electrons. The van der Waals surface area contributed by atoms with Crippen LogP contribution in [0.1, 0.15) is 48.4 Å². The largest absolute Gasteiger partial charge is 2.00 e. The molecule has 0 bridgehead atoms. The molecule has 0 heterocycles. The number of benzene rings is 2. The van der Waals surface area contributed by atoms with E-state index in [1.807, 2.05) is 12.1 Å². The van der Waals surface area contributed by atoms with E-state index in [4.69, 9.17) is 17.7 Å². The molecule has 0 aliphatic heterocycles. The average Bonchev–Trinajstić information content (AvgIpc) is 2.97. The fourth-order valence-corrected chi connectivity index (χ4v) is 8.36. The summed E-state index contributed by atoms with van der Waals surface area (Å²) >= 11 is 0. The van der Waals surface area contributed by atoms with Crippen molar-refractivity contribution in [3.8, 4) is 0 Å². The molecule has 0 fully saturated rings. The van der Waals surface area contributed by atoms with Crippen molar-refractivity contribution in [2.45, 2.75) is 51.9 Å². The zero-order valence-corrected chi connectivity index (χ0v) is 29.9. The van der Waals surface area contributed by atoms with Crippen molar-refractivity contribution < 1.29 is 57.9 Å². The second-order valence-corrected chi connectivity index (χ2v) is 17.1. The van der Waals surface area contributed by atoms with Crippen LogP contribution in [0.25, 0.3) is 0 Å². The molecule has 2 aromatic rings. The predicted octanol–water partition coefficient (Wildman–Crippen LogP) is 5.66. The van der Waals surface area contributed by atoms with Gasteiger partial charge < -0.3 is 17.7 Å². The van der Waals surface area contributed by atoms with Gasteiger partial charge in [0.2, 0.25) is 0 Å². The number of ketones is 4. The summed E-state index contributed by atoms with van der Waals surface area (Å²) < 4.78 is 21.8. The van der Waals surface area contributed by atoms with Crippen LogP contribution in [-0.4, -0.2) is 68.7 Å². The summed E-state index contributed by atoms with van der Waals surface area (Å²) in [6, 6.07) is 17.6. The minimum atomic E-state index is -2.90. The zero-order chi connectivity index (χ0) is 30.7. The van der Waals surface area contributed by atoms with Gasteiger partial charge in [0.1, 0.15) is 22.6 Å². The molecule has 0 aliphatic rings. The van der Waals surface area contributed by atoms with E-state index in [9.17, 15) is 19.2 Å². The Bertz CT molecular complexity index is 1030. The fourth-order valence-electron chi connectivity index (χ4n) is 4.09. The maximum absolute atomic E-state index is 12.7. The van der Waals surface area contributed by atoms with Crippen LogP contribution in [0.5, 0.6) is 0 Å². The Hall–Kier alpha value is -1.92. The Morgan fingerprint density at radius 2 is 0.780 bits per heavy atom. The van der Waals surface area contributed by atoms with E-state index in [0.29, 0.717) is 11.1 Å². The molecular formula is C30H44O8PtSi2+2. The Labute approximate surface area is 261 Å². The first-order valence-corrected chi connectivity index (χ1v) is 18.0. The third-order valence-corrected chi connectivity index (χ3v) is 13.5. The summed E-state index contributed by atoms with van der Waals surface area (Å²) in [6.45, 7) is 10.6. The minimum Gasteiger partial charge on any atom is -0.397 e. The van der Waals surface area contributed by atoms with Gasteiger partial charge in [-0.15, -0.1) is 0 Å². The van der Waals surface area contributed by atoms with Crippen LogP contribution in [0.2, 0.25) is 24.2 Å². The molecule has 41 heavy (non-hydrogen) atoms. The van der Waals surface area contributed by atoms with Crippen LogP contribution in [-0.2, 0) is 48.4 Å². The smallest absolute Gasteiger partial charge is 0.397 e. The molecule has 0 spiro atoms. The molecule has 2 rings (SSSR count). The summed E-state index contributed by atoms with van der Waals surface area (Å²) in [5.74, 6) is -1.19. The van der Waals surface area contributed by atoms with Crippen molar-refractivity contribution in [1.29, 1.82) is 0 Å². The molecule has 8 nitrogen and oxygen atoms in total. The van der Waals surface area contributed by atoms with Gasteiger partial charge in [-0.05, 0) is 13.1 Å². The summed E-state index contributed by atoms with van der Waals surface area (Å²) in [7, 11) is 0.183. The van der Waals surface area contributed by atoms with E-state index in [1.165, 1.54) is 28.4 Å². The second-order valence-electron chi connectivity index (χ2n) is 10.3. The maximum Gasteiger partial charge on any atom is 2.00 e. The van der Waals surface area contributed by atoms with Crippen LogP contribution in [0, 0.1) is 11.8 Å². The summed E-state index contributed by atoms with van der Waals surface area (Å²) in [5.41, 5.74) is -0.668. The van der Waals surface area contributed by atoms with Crippen LogP contribution < -0.4 is 0 Å². The summed E-state index contributed by atoms with van der Waals surface area (Å²) in [5, 5.41) is 0. The van der Waals surface area contributed by atoms with Gasteiger partial charge in [0.25, 0.3) is 0 Å². The van der Waals surface area contributed by atoms with E-state index in [1.54, 1.807) is 89.3 Å². The van der Waals surface area contributed by atoms with Crippen molar-refractivity contribution in [1.82, 2.24) is 0 Å². The van der Waals surface area contributed by atoms with Crippen molar-refractivity contribution >= 4 is 40.3 Å². The molecule has 2 atom stereocenters. The Kier molecular flexibility index (Phi) is 17.1. The Morgan fingerprint density at radius 1 is 0.537 bits per heavy atom. The molecule has 0 radical (unpaired) electrons. The molecule has 2 aromatic carbocycles. The maximum atomic E-state index is 12.7. The number of hydrogen-bond acceptors (Lipinski definition) is 8. The number of hydrogen-bond donors (Lipinski definition) is 0. The molecule has 11 heteroatoms. The van der Waals surface area contributed by atoms with Crippen LogP contribution in [0.15, 0.2) is 60.7 Å². The van der Waals surface area contributed by atoms with Crippen LogP contribution in [0.3, 0.4) is 0 Å². The molecular weight excluding hydrogens is 740 g/mol. The van der Waals surface area contributed by atoms with Gasteiger partial charge in [-0.3, -0.25) is 19.2 Å². The van der Waals surface area contributed by atoms with Crippen LogP contribution in [0.4, 0.5) is 0 Å². The fraction of sp³-hybridized carbons (Fsp3) is 0.467. The van der Waals surface area contributed by atoms with Gasteiger partial charge >= 0.3 is 38.2 Å². The number of carbonyl (C=O) groups excluding carboxylic acids is 4. The topological polar surface area (TPSA) is 105 Å². The van der Waals surface area contributed by atoms with Gasteiger partial charge in [-0.2, -0.15) is 0 Å². The predicted molar refractivity (Wildman–Crippen MR) is 160 cm³/mol. The van der Waals surface area contributed by atoms with Crippen molar-refractivity contribution in [2.75, 3.05) is 28.4 Å². The molecule has 0 aromatic heterocycles. The second kappa shape index (κ2) is 17.9. The third-order valence-electron chi connectivity index (χ3n) is 7.02. The van der Waals surface area contributed by atoms with E-state index in [0.717, 1.165) is 0 Å². The number of Topliss-reactive ketones (excluding diaryl/α,β-unsaturated/α-hetero) is 4. The van der Waals surface area contributed by atoms with E-state index < -0.39 is 28.2 Å². The molecule has 0 saturated heterocycles. The van der Waals surface area contributed by atoms with Crippen LogP contribution >= 0.6 is 0 Å². The molecule has 0 saturated carbocycles. The Morgan fingerprint density at radius 3 is 0.976 bits per heavy atom. The quantitative estimate of drug-likeness (QED) is 0.138. The van der Waals surface area contributed by atoms with Gasteiger partial charge in [-0.1, -0.05) is 88.4 Å². The van der Waals surface area contributed by atoms with Crippen molar-refractivity contribution in [3.63, 3.8) is 0 Å². The minimum absolute atomic E-state index is 0. The number of rotatable bonds is 14. The first-order valence-electron chi connectivity index (χ1n) is 13.2. The van der Waals surface area contributed by atoms with Crippen molar-refractivity contribution in [3.05, 3.63) is 71.8 Å². The molecule has 0 N–H and O–H groups in total. The third kappa shape index (κ3) is 10.1. The van der Waals surface area contributed by atoms with Gasteiger partial charge in [0, 0.05) is 51.4 Å². The molecule has 0 amide bonds. The van der Waals surface area contributed by atoms with Crippen molar-refractivity contribution in [2.24, 2.45) is 11.8 Å². The van der Waals surface area contributed by atoms with Gasteiger partial charge in [0.15, 0.2) is 11.6 Å². The van der Waals surface area contributed by atoms with E-state index >= 15 is 0 Å². The monoisotopic (exact) mass is 783 g/mol. The molecule has 2 unspecified atom stereocenters. The first-order chi connectivity index (χ1) is 18.7. The molecule has 0 aliphatic carbocycles.